The van der Waals surface area contributed by atoms with E-state index in [-0.39, 0.29) is 11.9 Å². The van der Waals surface area contributed by atoms with Crippen LogP contribution in [0.4, 0.5) is 0 Å². The normalized spacial score (nSPS) is 13.9. The highest BCUT2D eigenvalue weighted by atomic mass is 79.9. The molecule has 0 aliphatic heterocycles. The van der Waals surface area contributed by atoms with Gasteiger partial charge in [0.2, 0.25) is 5.91 Å². The van der Waals surface area contributed by atoms with Gasteiger partial charge in [0.15, 0.2) is 0 Å². The Morgan fingerprint density at radius 3 is 2.58 bits per heavy atom. The van der Waals surface area contributed by atoms with Crippen molar-refractivity contribution in [3.05, 3.63) is 34.3 Å². The molecule has 0 bridgehead atoms. The number of nitrogens with one attached hydrogen (secondary N) is 1. The number of benzene rings is 1. The Hall–Kier alpha value is -0.870. The molecule has 2 atom stereocenters. The van der Waals surface area contributed by atoms with Gasteiger partial charge >= 0.3 is 0 Å². The lowest BCUT2D eigenvalue weighted by Crippen LogP contribution is -2.39. The average Bonchev–Trinajstić information content (AvgIpc) is 2.27. The van der Waals surface area contributed by atoms with Crippen LogP contribution in [0, 0.1) is 0 Å². The molecule has 0 fully saturated rings. The minimum Gasteiger partial charge on any atom is -0.349 e. The summed E-state index contributed by atoms with van der Waals surface area (Å²) < 4.78 is 1.10. The molecule has 19 heavy (non-hydrogen) atoms. The maximum atomic E-state index is 11.6. The lowest BCUT2D eigenvalue weighted by Gasteiger charge is -2.21. The van der Waals surface area contributed by atoms with Crippen LogP contribution in [0.25, 0.3) is 0 Å². The van der Waals surface area contributed by atoms with Crippen molar-refractivity contribution in [3.63, 3.8) is 0 Å². The molecule has 3 nitrogen and oxygen atoms in total. The molecule has 0 aromatic heterocycles. The molecule has 0 radical (unpaired) electrons. The SMILES string of the molecule is C[C@H](CC(=O)N(C)C)N[C@H](C)Cc1cccc(Br)c1. The maximum Gasteiger partial charge on any atom is 0.223 e. The van der Waals surface area contributed by atoms with Gasteiger partial charge in [-0.25, -0.2) is 0 Å². The first-order valence-electron chi connectivity index (χ1n) is 6.59. The fourth-order valence-electron chi connectivity index (χ4n) is 2.07. The molecule has 1 N–H and O–H groups in total. The molecule has 1 aromatic carbocycles. The molecule has 106 valence electrons. The first-order valence-corrected chi connectivity index (χ1v) is 7.38. The molecule has 1 amide bonds. The minimum absolute atomic E-state index is 0.162. The van der Waals surface area contributed by atoms with Crippen LogP contribution in [-0.2, 0) is 11.2 Å². The van der Waals surface area contributed by atoms with Crippen LogP contribution in [0.3, 0.4) is 0 Å². The Morgan fingerprint density at radius 2 is 2.00 bits per heavy atom. The third-order valence-corrected chi connectivity index (χ3v) is 3.47. The van der Waals surface area contributed by atoms with Crippen LogP contribution >= 0.6 is 15.9 Å². The summed E-state index contributed by atoms with van der Waals surface area (Å²) in [7, 11) is 3.58. The molecular weight excluding hydrogens is 304 g/mol. The van der Waals surface area contributed by atoms with E-state index in [0.29, 0.717) is 12.5 Å². The summed E-state index contributed by atoms with van der Waals surface area (Å²) in [5.74, 6) is 0.162. The van der Waals surface area contributed by atoms with E-state index in [1.54, 1.807) is 19.0 Å². The summed E-state index contributed by atoms with van der Waals surface area (Å²) in [4.78, 5) is 13.3. The zero-order chi connectivity index (χ0) is 14.4. The minimum atomic E-state index is 0.162. The lowest BCUT2D eigenvalue weighted by molar-refractivity contribution is -0.129. The molecule has 0 saturated carbocycles. The summed E-state index contributed by atoms with van der Waals surface area (Å²) in [5.41, 5.74) is 1.29. The molecule has 0 aliphatic rings. The van der Waals surface area contributed by atoms with Crippen molar-refractivity contribution >= 4 is 21.8 Å². The second-order valence-electron chi connectivity index (χ2n) is 5.30. The van der Waals surface area contributed by atoms with Gasteiger partial charge < -0.3 is 10.2 Å². The van der Waals surface area contributed by atoms with Crippen LogP contribution in [0.2, 0.25) is 0 Å². The highest BCUT2D eigenvalue weighted by Crippen LogP contribution is 2.13. The molecule has 0 heterocycles. The van der Waals surface area contributed by atoms with E-state index in [1.165, 1.54) is 5.56 Å². The standard InChI is InChI=1S/C15H23BrN2O/c1-11(8-13-6-5-7-14(16)10-13)17-12(2)9-15(19)18(3)4/h5-7,10-12,17H,8-9H2,1-4H3/t11-,12-/m1/s1. The average molecular weight is 327 g/mol. The van der Waals surface area contributed by atoms with Gasteiger partial charge in [-0.3, -0.25) is 4.79 Å². The van der Waals surface area contributed by atoms with Gasteiger partial charge in [0.05, 0.1) is 0 Å². The van der Waals surface area contributed by atoms with Crippen molar-refractivity contribution in [1.29, 1.82) is 0 Å². The Morgan fingerprint density at radius 1 is 1.32 bits per heavy atom. The number of carbonyl (C=O) groups excluding carboxylic acids is 1. The van der Waals surface area contributed by atoms with Crippen molar-refractivity contribution in [2.24, 2.45) is 0 Å². The second kappa shape index (κ2) is 7.65. The smallest absolute Gasteiger partial charge is 0.223 e. The molecule has 1 rings (SSSR count). The Balaban J connectivity index is 2.42. The summed E-state index contributed by atoms with van der Waals surface area (Å²) >= 11 is 3.48. The first kappa shape index (κ1) is 16.2. The predicted molar refractivity (Wildman–Crippen MR) is 83.2 cm³/mol. The summed E-state index contributed by atoms with van der Waals surface area (Å²) in [5, 5.41) is 3.47. The van der Waals surface area contributed by atoms with Crippen molar-refractivity contribution in [2.75, 3.05) is 14.1 Å². The number of hydrogen-bond acceptors (Lipinski definition) is 2. The molecule has 0 unspecified atom stereocenters. The number of rotatable bonds is 6. The van der Waals surface area contributed by atoms with Crippen LogP contribution in [-0.4, -0.2) is 37.0 Å². The number of hydrogen-bond donors (Lipinski definition) is 1. The lowest BCUT2D eigenvalue weighted by atomic mass is 10.1. The van der Waals surface area contributed by atoms with E-state index in [4.69, 9.17) is 0 Å². The van der Waals surface area contributed by atoms with E-state index >= 15 is 0 Å². The zero-order valence-corrected chi connectivity index (χ0v) is 13.7. The van der Waals surface area contributed by atoms with Crippen molar-refractivity contribution in [2.45, 2.75) is 38.8 Å². The van der Waals surface area contributed by atoms with Crippen molar-refractivity contribution in [3.8, 4) is 0 Å². The third-order valence-electron chi connectivity index (χ3n) is 2.98. The van der Waals surface area contributed by atoms with Gasteiger partial charge in [-0.2, -0.15) is 0 Å². The molecular formula is C15H23BrN2O. The third kappa shape index (κ3) is 6.21. The first-order chi connectivity index (χ1) is 8.88. The summed E-state index contributed by atoms with van der Waals surface area (Å²) in [6, 6.07) is 8.87. The molecule has 0 spiro atoms. The fourth-order valence-corrected chi connectivity index (χ4v) is 2.51. The van der Waals surface area contributed by atoms with Crippen molar-refractivity contribution in [1.82, 2.24) is 10.2 Å². The Labute approximate surface area is 124 Å². The zero-order valence-electron chi connectivity index (χ0n) is 12.1. The van der Waals surface area contributed by atoms with E-state index in [9.17, 15) is 4.79 Å². The monoisotopic (exact) mass is 326 g/mol. The quantitative estimate of drug-likeness (QED) is 0.871. The van der Waals surface area contributed by atoms with Gasteiger partial charge in [0.1, 0.15) is 0 Å². The van der Waals surface area contributed by atoms with Crippen molar-refractivity contribution < 1.29 is 4.79 Å². The van der Waals surface area contributed by atoms with Crippen LogP contribution in [0.5, 0.6) is 0 Å². The molecule has 4 heteroatoms. The number of nitrogens with zero attached hydrogens (tertiary/aromatic N) is 1. The molecule has 0 saturated heterocycles. The van der Waals surface area contributed by atoms with E-state index < -0.39 is 0 Å². The maximum absolute atomic E-state index is 11.6. The fraction of sp³-hybridized carbons (Fsp3) is 0.533. The van der Waals surface area contributed by atoms with Gasteiger partial charge in [-0.1, -0.05) is 28.1 Å². The molecule has 0 aliphatic carbocycles. The summed E-state index contributed by atoms with van der Waals surface area (Å²) in [6.07, 6.45) is 1.50. The van der Waals surface area contributed by atoms with Gasteiger partial charge in [0, 0.05) is 37.1 Å². The number of amides is 1. The number of carbonyl (C=O) groups is 1. The largest absolute Gasteiger partial charge is 0.349 e. The Bertz CT molecular complexity index is 420. The molecule has 1 aromatic rings. The van der Waals surface area contributed by atoms with Crippen LogP contribution in [0.15, 0.2) is 28.7 Å². The van der Waals surface area contributed by atoms with Crippen LogP contribution in [0.1, 0.15) is 25.8 Å². The van der Waals surface area contributed by atoms with E-state index in [1.807, 2.05) is 12.1 Å². The topological polar surface area (TPSA) is 32.3 Å². The van der Waals surface area contributed by atoms with Gasteiger partial charge in [0.25, 0.3) is 0 Å². The summed E-state index contributed by atoms with van der Waals surface area (Å²) in [6.45, 7) is 4.20. The van der Waals surface area contributed by atoms with Gasteiger partial charge in [-0.05, 0) is 38.0 Å². The predicted octanol–water partition coefficient (Wildman–Crippen LogP) is 2.84. The second-order valence-corrected chi connectivity index (χ2v) is 6.21. The van der Waals surface area contributed by atoms with E-state index in [2.05, 4.69) is 47.2 Å². The number of halogens is 1. The highest BCUT2D eigenvalue weighted by Gasteiger charge is 2.13. The van der Waals surface area contributed by atoms with Gasteiger partial charge in [-0.15, -0.1) is 0 Å². The Kier molecular flexibility index (Phi) is 6.52. The van der Waals surface area contributed by atoms with E-state index in [0.717, 1.165) is 10.9 Å². The highest BCUT2D eigenvalue weighted by molar-refractivity contribution is 9.10. The van der Waals surface area contributed by atoms with Crippen LogP contribution < -0.4 is 5.32 Å².